The fraction of sp³-hybridized carbons (Fsp3) is 0.519. The molecule has 0 saturated carbocycles. The molecule has 10 nitrogen and oxygen atoms in total. The fourth-order valence-electron chi connectivity index (χ4n) is 4.29. The first-order valence-electron chi connectivity index (χ1n) is 13.1. The third kappa shape index (κ3) is 9.27. The first-order chi connectivity index (χ1) is 20.1. The van der Waals surface area contributed by atoms with Gasteiger partial charge in [0, 0.05) is 25.8 Å². The topological polar surface area (TPSA) is 118 Å². The number of benzene rings is 1. The molecular formula is C27H35F6N7O3. The number of rotatable bonds is 8. The Morgan fingerprint density at radius 1 is 1.14 bits per heavy atom. The Bertz CT molecular complexity index is 1250. The van der Waals surface area contributed by atoms with Gasteiger partial charge in [0.05, 0.1) is 48.8 Å². The van der Waals surface area contributed by atoms with Crippen LogP contribution in [0.4, 0.5) is 32.0 Å². The highest BCUT2D eigenvalue weighted by Crippen LogP contribution is 2.42. The van der Waals surface area contributed by atoms with Crippen molar-refractivity contribution in [3.8, 4) is 5.88 Å². The Morgan fingerprint density at radius 2 is 1.72 bits per heavy atom. The van der Waals surface area contributed by atoms with Crippen molar-refractivity contribution in [2.75, 3.05) is 26.2 Å². The zero-order valence-corrected chi connectivity index (χ0v) is 24.6. The van der Waals surface area contributed by atoms with Crippen LogP contribution in [0.3, 0.4) is 0 Å². The molecule has 1 aliphatic rings. The number of carbonyl (C=O) groups excluding carboxylic acids is 1. The van der Waals surface area contributed by atoms with E-state index in [1.54, 1.807) is 13.2 Å². The highest BCUT2D eigenvalue weighted by molar-refractivity contribution is 5.82. The number of guanidine groups is 1. The molecule has 0 aliphatic carbocycles. The molecule has 0 bridgehead atoms. The average molecular weight is 620 g/mol. The molecule has 2 atom stereocenters. The summed E-state index contributed by atoms with van der Waals surface area (Å²) in [5, 5.41) is 10.7. The summed E-state index contributed by atoms with van der Waals surface area (Å²) in [6.45, 7) is 5.32. The Morgan fingerprint density at radius 3 is 2.16 bits per heavy atom. The molecule has 238 valence electrons. The molecule has 1 aromatic carbocycles. The maximum absolute atomic E-state index is 13.5. The second-order valence-electron chi connectivity index (χ2n) is 9.66. The second kappa shape index (κ2) is 15.0. The van der Waals surface area contributed by atoms with Gasteiger partial charge in [-0.25, -0.2) is 4.98 Å². The maximum atomic E-state index is 13.5. The first-order valence-corrected chi connectivity index (χ1v) is 13.1. The van der Waals surface area contributed by atoms with Gasteiger partial charge in [0.15, 0.2) is 0 Å². The van der Waals surface area contributed by atoms with Crippen LogP contribution < -0.4 is 15.4 Å². The van der Waals surface area contributed by atoms with Crippen LogP contribution in [0.5, 0.6) is 5.88 Å². The number of ether oxygens (including phenoxy) is 2. The van der Waals surface area contributed by atoms with E-state index in [0.29, 0.717) is 36.8 Å². The van der Waals surface area contributed by atoms with E-state index in [-0.39, 0.29) is 41.6 Å². The molecule has 2 N–H and O–H groups in total. The molecule has 0 saturated heterocycles. The van der Waals surface area contributed by atoms with E-state index >= 15 is 0 Å². The van der Waals surface area contributed by atoms with Gasteiger partial charge in [-0.05, 0) is 61.7 Å². The number of nitrogens with two attached hydrogens (primary N) is 1. The summed E-state index contributed by atoms with van der Waals surface area (Å²) in [6, 6.07) is 3.21. The minimum absolute atomic E-state index is 0.0496. The van der Waals surface area contributed by atoms with E-state index < -0.39 is 36.1 Å². The van der Waals surface area contributed by atoms with E-state index in [1.807, 2.05) is 20.8 Å². The minimum Gasteiger partial charge on any atom is -0.481 e. The second-order valence-corrected chi connectivity index (χ2v) is 9.66. The molecule has 16 heteroatoms. The molecule has 1 aliphatic heterocycles. The molecular weight excluding hydrogens is 584 g/mol. The van der Waals surface area contributed by atoms with Gasteiger partial charge in [0.25, 0.3) is 0 Å². The van der Waals surface area contributed by atoms with Crippen LogP contribution in [-0.2, 0) is 28.4 Å². The van der Waals surface area contributed by atoms with Crippen molar-refractivity contribution in [3.05, 3.63) is 52.7 Å². The lowest BCUT2D eigenvalue weighted by atomic mass is 9.92. The van der Waals surface area contributed by atoms with E-state index in [4.69, 9.17) is 15.2 Å². The summed E-state index contributed by atoms with van der Waals surface area (Å²) in [4.78, 5) is 19.1. The largest absolute Gasteiger partial charge is 0.481 e. The quantitative estimate of drug-likeness (QED) is 0.0944. The number of hydrogen-bond acceptors (Lipinski definition) is 6. The van der Waals surface area contributed by atoms with Crippen molar-refractivity contribution < 1.29 is 40.6 Å². The van der Waals surface area contributed by atoms with Gasteiger partial charge in [-0.1, -0.05) is 12.0 Å². The summed E-state index contributed by atoms with van der Waals surface area (Å²) in [6.07, 6.45) is -8.36. The van der Waals surface area contributed by atoms with E-state index in [0.717, 1.165) is 0 Å². The van der Waals surface area contributed by atoms with Crippen LogP contribution in [0.25, 0.3) is 0 Å². The first kappa shape index (κ1) is 35.2. The van der Waals surface area contributed by atoms with Crippen LogP contribution in [0.1, 0.15) is 62.0 Å². The zero-order chi connectivity index (χ0) is 32.5. The number of nitrogens with zero attached hydrogens (tertiary/aromatic N) is 6. The van der Waals surface area contributed by atoms with Gasteiger partial charge in [0.2, 0.25) is 18.2 Å². The van der Waals surface area contributed by atoms with Crippen LogP contribution in [0.2, 0.25) is 0 Å². The van der Waals surface area contributed by atoms with Gasteiger partial charge in [-0.15, -0.1) is 0 Å². The van der Waals surface area contributed by atoms with E-state index in [2.05, 4.69) is 20.4 Å². The van der Waals surface area contributed by atoms with Gasteiger partial charge in [0.1, 0.15) is 0 Å². The zero-order valence-electron chi connectivity index (χ0n) is 24.6. The highest BCUT2D eigenvalue weighted by Gasteiger charge is 2.40. The van der Waals surface area contributed by atoms with Crippen molar-refractivity contribution >= 4 is 18.1 Å². The molecule has 3 rings (SSSR count). The van der Waals surface area contributed by atoms with Crippen LogP contribution >= 0.6 is 0 Å². The number of aromatic nitrogens is 1. The van der Waals surface area contributed by atoms with Gasteiger partial charge in [-0.3, -0.25) is 4.79 Å². The average Bonchev–Trinajstić information content (AvgIpc) is 2.96. The number of alkyl halides is 6. The molecule has 0 fully saturated rings. The normalized spacial score (nSPS) is 17.4. The monoisotopic (exact) mass is 619 g/mol. The van der Waals surface area contributed by atoms with Crippen LogP contribution in [0, 0.1) is 0 Å². The lowest BCUT2D eigenvalue weighted by Gasteiger charge is -2.42. The number of methoxy groups -OCH3 is 2. The number of pyridine rings is 1. The molecule has 2 heterocycles. The third-order valence-electron chi connectivity index (χ3n) is 6.53. The molecule has 43 heavy (non-hydrogen) atoms. The fourth-order valence-corrected chi connectivity index (χ4v) is 4.29. The van der Waals surface area contributed by atoms with Gasteiger partial charge in [-0.2, -0.15) is 31.5 Å². The molecule has 0 radical (unpaired) electrons. The Kier molecular flexibility index (Phi) is 12.3. The van der Waals surface area contributed by atoms with Crippen molar-refractivity contribution in [2.45, 2.75) is 70.7 Å². The Hall–Kier alpha value is -3.95. The lowest BCUT2D eigenvalue weighted by molar-refractivity contribution is -0.143. The van der Waals surface area contributed by atoms with Crippen LogP contribution in [0.15, 0.2) is 45.8 Å². The summed E-state index contributed by atoms with van der Waals surface area (Å²) in [7, 11) is 4.38. The summed E-state index contributed by atoms with van der Waals surface area (Å²) in [5.41, 5.74) is 3.56. The summed E-state index contributed by atoms with van der Waals surface area (Å²) in [5.74, 6) is -0.145. The molecule has 1 amide bonds. The van der Waals surface area contributed by atoms with Crippen molar-refractivity contribution in [2.24, 2.45) is 21.2 Å². The smallest absolute Gasteiger partial charge is 0.416 e. The third-order valence-corrected chi connectivity index (χ3v) is 6.53. The van der Waals surface area contributed by atoms with Crippen molar-refractivity contribution in [1.29, 1.82) is 0 Å². The van der Waals surface area contributed by atoms with Gasteiger partial charge < -0.3 is 25.0 Å². The highest BCUT2D eigenvalue weighted by atomic mass is 19.4. The SMILES string of the molecule is CCC1CC(N(Cc2cc(C(F)(F)F)cc(C(F)(F)F)c2)/C(N)=N/N=NC)c2nc(OC)ccc2N1C=O.COC(C)C. The van der Waals surface area contributed by atoms with Crippen LogP contribution in [-0.4, -0.2) is 55.7 Å². The standard InChI is InChI=1S/C23H25F6N7O2.C4H10O/c1-4-16-10-18(20-17(36(16)12-37)5-6-19(32-20)38-3)35(21(30)33-34-31-2)11-13-7-14(22(24,25)26)9-15(8-13)23(27,28)29;1-4(2)5-3/h5-9,12,16,18H,4,10-11H2,1-3H3,(H2,30,31,33);4H,1-3H3. The minimum atomic E-state index is -5.03. The summed E-state index contributed by atoms with van der Waals surface area (Å²) >= 11 is 0. The molecule has 0 spiro atoms. The van der Waals surface area contributed by atoms with Gasteiger partial charge >= 0.3 is 12.4 Å². The predicted octanol–water partition coefficient (Wildman–Crippen LogP) is 6.17. The molecule has 2 unspecified atom stereocenters. The van der Waals surface area contributed by atoms with E-state index in [9.17, 15) is 31.1 Å². The van der Waals surface area contributed by atoms with Crippen molar-refractivity contribution in [1.82, 2.24) is 9.88 Å². The Balaban J connectivity index is 0.00000119. The molecule has 1 aromatic heterocycles. The number of hydrogen-bond donors (Lipinski definition) is 1. The predicted molar refractivity (Wildman–Crippen MR) is 147 cm³/mol. The number of amides is 1. The number of carbonyl (C=O) groups is 1. The van der Waals surface area contributed by atoms with E-state index in [1.165, 1.54) is 30.0 Å². The lowest BCUT2D eigenvalue weighted by Crippen LogP contribution is -2.47. The maximum Gasteiger partial charge on any atom is 0.416 e. The number of anilines is 1. The number of halogens is 6. The molecule has 2 aromatic rings. The summed E-state index contributed by atoms with van der Waals surface area (Å²) < 4.78 is 90.9. The Labute approximate surface area is 245 Å². The van der Waals surface area contributed by atoms with Crippen molar-refractivity contribution in [3.63, 3.8) is 0 Å². The number of fused-ring (bicyclic) bond motifs is 1.